The molecule has 3 nitrogen and oxygen atoms in total. The predicted octanol–water partition coefficient (Wildman–Crippen LogP) is 3.17. The monoisotopic (exact) mass is 266 g/mol. The van der Waals surface area contributed by atoms with E-state index in [4.69, 9.17) is 4.74 Å². The predicted molar refractivity (Wildman–Crippen MR) is 76.3 cm³/mol. The highest BCUT2D eigenvalue weighted by atomic mass is 19.1. The van der Waals surface area contributed by atoms with E-state index in [0.29, 0.717) is 17.5 Å². The summed E-state index contributed by atoms with van der Waals surface area (Å²) in [4.78, 5) is 0. The van der Waals surface area contributed by atoms with E-state index in [1.165, 1.54) is 25.3 Å². The van der Waals surface area contributed by atoms with Gasteiger partial charge in [-0.25, -0.2) is 4.39 Å². The maximum Gasteiger partial charge on any atom is 0.146 e. The van der Waals surface area contributed by atoms with Crippen LogP contribution in [-0.4, -0.2) is 25.7 Å². The molecule has 0 amide bonds. The number of hydrogen-bond donors (Lipinski definition) is 2. The first-order valence-corrected chi connectivity index (χ1v) is 7.02. The Labute approximate surface area is 114 Å². The van der Waals surface area contributed by atoms with Gasteiger partial charge in [0.05, 0.1) is 12.8 Å². The largest absolute Gasteiger partial charge is 0.497 e. The van der Waals surface area contributed by atoms with Crippen LogP contribution in [0.1, 0.15) is 32.6 Å². The van der Waals surface area contributed by atoms with Gasteiger partial charge in [0.15, 0.2) is 0 Å². The van der Waals surface area contributed by atoms with Gasteiger partial charge in [-0.15, -0.1) is 0 Å². The first-order valence-electron chi connectivity index (χ1n) is 7.02. The second-order valence-electron chi connectivity index (χ2n) is 5.27. The molecule has 0 aliphatic carbocycles. The van der Waals surface area contributed by atoms with Crippen molar-refractivity contribution < 1.29 is 9.13 Å². The van der Waals surface area contributed by atoms with E-state index in [1.54, 1.807) is 19.2 Å². The third-order valence-corrected chi connectivity index (χ3v) is 3.63. The van der Waals surface area contributed by atoms with Crippen molar-refractivity contribution in [3.63, 3.8) is 0 Å². The van der Waals surface area contributed by atoms with Crippen LogP contribution in [0.25, 0.3) is 0 Å². The van der Waals surface area contributed by atoms with Crippen LogP contribution in [0.3, 0.4) is 0 Å². The molecule has 1 saturated heterocycles. The van der Waals surface area contributed by atoms with Crippen LogP contribution in [0.4, 0.5) is 10.1 Å². The summed E-state index contributed by atoms with van der Waals surface area (Å²) in [5.41, 5.74) is 0.516. The van der Waals surface area contributed by atoms with E-state index in [0.717, 1.165) is 13.0 Å². The van der Waals surface area contributed by atoms with Crippen molar-refractivity contribution in [2.45, 2.75) is 44.7 Å². The molecule has 2 N–H and O–H groups in total. The fourth-order valence-electron chi connectivity index (χ4n) is 2.62. The molecule has 2 unspecified atom stereocenters. The lowest BCUT2D eigenvalue weighted by Gasteiger charge is -2.27. The van der Waals surface area contributed by atoms with E-state index in [2.05, 4.69) is 17.6 Å². The van der Waals surface area contributed by atoms with Gasteiger partial charge in [0.25, 0.3) is 0 Å². The minimum atomic E-state index is -0.232. The maximum absolute atomic E-state index is 13.7. The number of hydrogen-bond acceptors (Lipinski definition) is 3. The summed E-state index contributed by atoms with van der Waals surface area (Å²) in [6.07, 6.45) is 4.78. The van der Waals surface area contributed by atoms with Gasteiger partial charge in [-0.2, -0.15) is 0 Å². The average Bonchev–Trinajstić information content (AvgIpc) is 2.42. The smallest absolute Gasteiger partial charge is 0.146 e. The molecule has 106 valence electrons. The fourth-order valence-corrected chi connectivity index (χ4v) is 2.62. The number of ether oxygens (including phenoxy) is 1. The zero-order valence-corrected chi connectivity index (χ0v) is 11.7. The third kappa shape index (κ3) is 4.10. The van der Waals surface area contributed by atoms with Gasteiger partial charge in [0, 0.05) is 18.2 Å². The first kappa shape index (κ1) is 14.1. The lowest BCUT2D eigenvalue weighted by Crippen LogP contribution is -2.37. The van der Waals surface area contributed by atoms with Crippen molar-refractivity contribution >= 4 is 5.69 Å². The highest BCUT2D eigenvalue weighted by Gasteiger charge is 2.16. The number of nitrogens with one attached hydrogen (secondary N) is 2. The number of piperidine rings is 1. The fraction of sp³-hybridized carbons (Fsp3) is 0.600. The Morgan fingerprint density at radius 1 is 1.47 bits per heavy atom. The minimum Gasteiger partial charge on any atom is -0.497 e. The molecular formula is C15H23FN2O. The Hall–Kier alpha value is -1.29. The molecule has 1 aromatic rings. The van der Waals surface area contributed by atoms with Gasteiger partial charge < -0.3 is 15.4 Å². The van der Waals surface area contributed by atoms with E-state index >= 15 is 0 Å². The van der Waals surface area contributed by atoms with Crippen molar-refractivity contribution in [3.05, 3.63) is 24.0 Å². The number of benzene rings is 1. The third-order valence-electron chi connectivity index (χ3n) is 3.63. The maximum atomic E-state index is 13.7. The highest BCUT2D eigenvalue weighted by molar-refractivity contribution is 5.50. The van der Waals surface area contributed by atoms with Crippen LogP contribution in [0, 0.1) is 5.82 Å². The Bertz CT molecular complexity index is 405. The Morgan fingerprint density at radius 3 is 3.00 bits per heavy atom. The molecule has 0 aromatic heterocycles. The number of methoxy groups -OCH3 is 1. The van der Waals surface area contributed by atoms with Crippen LogP contribution in [0.15, 0.2) is 18.2 Å². The standard InChI is InChI=1S/C15H23FN2O/c1-11(9-12-5-3-4-8-17-12)18-15-10-13(19-2)6-7-14(15)16/h6-7,10-12,17-18H,3-5,8-9H2,1-2H3. The van der Waals surface area contributed by atoms with Crippen LogP contribution in [-0.2, 0) is 0 Å². The molecule has 2 rings (SSSR count). The van der Waals surface area contributed by atoms with Gasteiger partial charge in [-0.3, -0.25) is 0 Å². The Morgan fingerprint density at radius 2 is 2.32 bits per heavy atom. The SMILES string of the molecule is COc1ccc(F)c(NC(C)CC2CCCCN2)c1. The quantitative estimate of drug-likeness (QED) is 0.859. The second kappa shape index (κ2) is 6.75. The molecule has 2 atom stereocenters. The Balaban J connectivity index is 1.92. The summed E-state index contributed by atoms with van der Waals surface area (Å²) in [6.45, 7) is 3.19. The van der Waals surface area contributed by atoms with E-state index in [-0.39, 0.29) is 11.9 Å². The van der Waals surface area contributed by atoms with Crippen LogP contribution < -0.4 is 15.4 Å². The van der Waals surface area contributed by atoms with Gasteiger partial charge in [-0.1, -0.05) is 6.42 Å². The normalized spacial score (nSPS) is 20.9. The summed E-state index contributed by atoms with van der Waals surface area (Å²) in [5, 5.41) is 6.75. The van der Waals surface area contributed by atoms with Crippen molar-refractivity contribution in [3.8, 4) is 5.75 Å². The second-order valence-corrected chi connectivity index (χ2v) is 5.27. The van der Waals surface area contributed by atoms with Crippen molar-refractivity contribution in [1.29, 1.82) is 0 Å². The molecule has 0 bridgehead atoms. The highest BCUT2D eigenvalue weighted by Crippen LogP contribution is 2.23. The van der Waals surface area contributed by atoms with Gasteiger partial charge in [0.2, 0.25) is 0 Å². The lowest BCUT2D eigenvalue weighted by molar-refractivity contribution is 0.371. The molecule has 1 fully saturated rings. The van der Waals surface area contributed by atoms with Gasteiger partial charge in [-0.05, 0) is 44.9 Å². The van der Waals surface area contributed by atoms with E-state index in [9.17, 15) is 4.39 Å². The number of rotatable bonds is 5. The van der Waals surface area contributed by atoms with E-state index < -0.39 is 0 Å². The van der Waals surface area contributed by atoms with Gasteiger partial charge in [0.1, 0.15) is 11.6 Å². The topological polar surface area (TPSA) is 33.3 Å². The van der Waals surface area contributed by atoms with Crippen LogP contribution in [0.5, 0.6) is 5.75 Å². The van der Waals surface area contributed by atoms with E-state index in [1.807, 2.05) is 0 Å². The van der Waals surface area contributed by atoms with Crippen molar-refractivity contribution in [2.24, 2.45) is 0 Å². The minimum absolute atomic E-state index is 0.232. The lowest BCUT2D eigenvalue weighted by atomic mass is 9.98. The average molecular weight is 266 g/mol. The molecular weight excluding hydrogens is 243 g/mol. The summed E-state index contributed by atoms with van der Waals surface area (Å²) in [5.74, 6) is 0.441. The molecule has 0 spiro atoms. The molecule has 1 aromatic carbocycles. The Kier molecular flexibility index (Phi) is 5.02. The van der Waals surface area contributed by atoms with Crippen LogP contribution >= 0.6 is 0 Å². The van der Waals surface area contributed by atoms with Crippen molar-refractivity contribution in [1.82, 2.24) is 5.32 Å². The summed E-state index contributed by atoms with van der Waals surface area (Å²) >= 11 is 0. The molecule has 1 aliphatic rings. The summed E-state index contributed by atoms with van der Waals surface area (Å²) < 4.78 is 18.8. The number of halogens is 1. The molecule has 1 heterocycles. The number of anilines is 1. The molecule has 19 heavy (non-hydrogen) atoms. The molecule has 4 heteroatoms. The van der Waals surface area contributed by atoms with Gasteiger partial charge >= 0.3 is 0 Å². The molecule has 1 aliphatic heterocycles. The van der Waals surface area contributed by atoms with Crippen molar-refractivity contribution in [2.75, 3.05) is 19.0 Å². The zero-order valence-electron chi connectivity index (χ0n) is 11.7. The zero-order chi connectivity index (χ0) is 13.7. The summed E-state index contributed by atoms with van der Waals surface area (Å²) in [7, 11) is 1.59. The first-order chi connectivity index (χ1) is 9.19. The van der Waals surface area contributed by atoms with Crippen LogP contribution in [0.2, 0.25) is 0 Å². The molecule has 0 radical (unpaired) electrons. The molecule has 0 saturated carbocycles. The summed E-state index contributed by atoms with van der Waals surface area (Å²) in [6, 6.07) is 5.56.